The van der Waals surface area contributed by atoms with Gasteiger partial charge in [-0.1, -0.05) is 0 Å². The zero-order chi connectivity index (χ0) is 18.8. The van der Waals surface area contributed by atoms with Crippen molar-refractivity contribution in [1.29, 1.82) is 0 Å². The molecular formula is C16H26N2O7. The molecule has 1 unspecified atom stereocenters. The molecule has 1 aliphatic rings. The van der Waals surface area contributed by atoms with Crippen LogP contribution >= 0.6 is 0 Å². The number of ether oxygens (including phenoxy) is 4. The molecular weight excluding hydrogens is 332 g/mol. The third-order valence-corrected chi connectivity index (χ3v) is 4.18. The van der Waals surface area contributed by atoms with E-state index in [2.05, 4.69) is 4.98 Å². The lowest BCUT2D eigenvalue weighted by atomic mass is 9.95. The Bertz CT molecular complexity index is 691. The van der Waals surface area contributed by atoms with E-state index in [1.807, 2.05) is 0 Å². The highest BCUT2D eigenvalue weighted by molar-refractivity contribution is 5.05. The molecule has 0 amide bonds. The normalized spacial score (nSPS) is 27.0. The number of hydrogen-bond donors (Lipinski definition) is 2. The highest BCUT2D eigenvalue weighted by Gasteiger charge is 2.52. The maximum Gasteiger partial charge on any atom is 0.330 e. The fourth-order valence-electron chi connectivity index (χ4n) is 2.91. The Morgan fingerprint density at radius 2 is 1.96 bits per heavy atom. The van der Waals surface area contributed by atoms with Crippen molar-refractivity contribution in [2.24, 2.45) is 0 Å². The molecule has 9 nitrogen and oxygen atoms in total. The van der Waals surface area contributed by atoms with Gasteiger partial charge in [0.2, 0.25) is 0 Å². The summed E-state index contributed by atoms with van der Waals surface area (Å²) in [4.78, 5) is 26.1. The van der Waals surface area contributed by atoms with Crippen molar-refractivity contribution < 1.29 is 24.1 Å². The molecule has 2 heterocycles. The van der Waals surface area contributed by atoms with Crippen LogP contribution in [-0.4, -0.2) is 66.0 Å². The quantitative estimate of drug-likeness (QED) is 0.636. The number of hydrogen-bond acceptors (Lipinski definition) is 7. The Morgan fingerprint density at radius 3 is 2.52 bits per heavy atom. The predicted octanol–water partition coefficient (Wildman–Crippen LogP) is -0.440. The van der Waals surface area contributed by atoms with Gasteiger partial charge in [0, 0.05) is 26.0 Å². The predicted molar refractivity (Wildman–Crippen MR) is 88.7 cm³/mol. The summed E-state index contributed by atoms with van der Waals surface area (Å²) < 4.78 is 23.5. The van der Waals surface area contributed by atoms with Crippen molar-refractivity contribution in [1.82, 2.24) is 9.55 Å². The molecule has 0 saturated carbocycles. The Balaban J connectivity index is 2.43. The maximum atomic E-state index is 12.2. The average Bonchev–Trinajstić information content (AvgIpc) is 2.90. The van der Waals surface area contributed by atoms with Crippen LogP contribution in [0.5, 0.6) is 0 Å². The number of nitrogens with one attached hydrogen (secondary N) is 1. The van der Waals surface area contributed by atoms with Crippen LogP contribution in [0.25, 0.3) is 0 Å². The molecule has 1 saturated heterocycles. The standard InChI is InChI=1S/C16H26N2O7/c1-9-8-18(15(20)17-13(9)19)14-11(24-7-6-22-4)10(23-5)12(25-14)16(2,3)21/h8,10-12,14,21H,6-7H2,1-5H3,(H,17,19,20)/t10-,11+,12?,14+/m0/s1. The highest BCUT2D eigenvalue weighted by Crippen LogP contribution is 2.37. The SMILES string of the molecule is COCCO[C@@H]1[C@H](OC)C(C(C)(C)O)O[C@H]1n1cc(C)c(=O)[nH]c1=O. The molecule has 0 aliphatic carbocycles. The number of aliphatic hydroxyl groups is 1. The molecule has 25 heavy (non-hydrogen) atoms. The molecule has 4 atom stereocenters. The van der Waals surface area contributed by atoms with Gasteiger partial charge in [0.15, 0.2) is 6.23 Å². The van der Waals surface area contributed by atoms with Gasteiger partial charge >= 0.3 is 5.69 Å². The number of aromatic nitrogens is 2. The second-order valence-corrected chi connectivity index (χ2v) is 6.61. The first-order valence-electron chi connectivity index (χ1n) is 8.04. The smallest absolute Gasteiger partial charge is 0.330 e. The van der Waals surface area contributed by atoms with E-state index in [9.17, 15) is 14.7 Å². The van der Waals surface area contributed by atoms with Gasteiger partial charge in [-0.2, -0.15) is 0 Å². The fraction of sp³-hybridized carbons (Fsp3) is 0.750. The van der Waals surface area contributed by atoms with Crippen LogP contribution in [0.4, 0.5) is 0 Å². The van der Waals surface area contributed by atoms with Crippen molar-refractivity contribution in [2.45, 2.75) is 50.9 Å². The second kappa shape index (κ2) is 7.79. The minimum absolute atomic E-state index is 0.260. The molecule has 0 radical (unpaired) electrons. The van der Waals surface area contributed by atoms with Gasteiger partial charge in [-0.15, -0.1) is 0 Å². The van der Waals surface area contributed by atoms with E-state index in [0.717, 1.165) is 0 Å². The number of aryl methyl sites for hydroxylation is 1. The largest absolute Gasteiger partial charge is 0.388 e. The van der Waals surface area contributed by atoms with Gasteiger partial charge in [0.05, 0.1) is 18.8 Å². The van der Waals surface area contributed by atoms with E-state index in [1.54, 1.807) is 27.9 Å². The van der Waals surface area contributed by atoms with Gasteiger partial charge in [0.25, 0.3) is 5.56 Å². The molecule has 1 aromatic heterocycles. The van der Waals surface area contributed by atoms with Crippen LogP contribution in [0.3, 0.4) is 0 Å². The van der Waals surface area contributed by atoms with Gasteiger partial charge in [-0.25, -0.2) is 4.79 Å². The molecule has 1 aromatic rings. The molecule has 0 bridgehead atoms. The lowest BCUT2D eigenvalue weighted by molar-refractivity contribution is -0.129. The summed E-state index contributed by atoms with van der Waals surface area (Å²) in [6.07, 6.45) is -1.45. The van der Waals surface area contributed by atoms with E-state index in [0.29, 0.717) is 12.2 Å². The molecule has 0 aromatic carbocycles. The number of nitrogens with zero attached hydrogens (tertiary/aromatic N) is 1. The number of rotatable bonds is 7. The Hall–Kier alpha value is -1.52. The van der Waals surface area contributed by atoms with E-state index in [-0.39, 0.29) is 6.61 Å². The van der Waals surface area contributed by atoms with Crippen LogP contribution in [0.2, 0.25) is 0 Å². The summed E-state index contributed by atoms with van der Waals surface area (Å²) in [5.41, 5.74) is -1.94. The first-order chi connectivity index (χ1) is 11.7. The van der Waals surface area contributed by atoms with Crippen LogP contribution in [-0.2, 0) is 18.9 Å². The second-order valence-electron chi connectivity index (χ2n) is 6.61. The Labute approximate surface area is 145 Å². The number of aromatic amines is 1. The summed E-state index contributed by atoms with van der Waals surface area (Å²) in [6.45, 7) is 5.40. The molecule has 9 heteroatoms. The highest BCUT2D eigenvalue weighted by atomic mass is 16.6. The minimum Gasteiger partial charge on any atom is -0.388 e. The average molecular weight is 358 g/mol. The molecule has 1 fully saturated rings. The number of H-pyrrole nitrogens is 1. The van der Waals surface area contributed by atoms with Crippen molar-refractivity contribution in [3.63, 3.8) is 0 Å². The van der Waals surface area contributed by atoms with E-state index >= 15 is 0 Å². The lowest BCUT2D eigenvalue weighted by Gasteiger charge is -2.29. The van der Waals surface area contributed by atoms with Crippen LogP contribution in [0.1, 0.15) is 25.6 Å². The zero-order valence-electron chi connectivity index (χ0n) is 15.1. The third-order valence-electron chi connectivity index (χ3n) is 4.18. The van der Waals surface area contributed by atoms with Crippen LogP contribution < -0.4 is 11.2 Å². The summed E-state index contributed by atoms with van der Waals surface area (Å²) in [5.74, 6) is 0. The third kappa shape index (κ3) is 4.18. The summed E-state index contributed by atoms with van der Waals surface area (Å²) in [7, 11) is 3.04. The molecule has 2 N–H and O–H groups in total. The van der Waals surface area contributed by atoms with Gasteiger partial charge < -0.3 is 24.1 Å². The van der Waals surface area contributed by atoms with Crippen molar-refractivity contribution in [2.75, 3.05) is 27.4 Å². The first-order valence-corrected chi connectivity index (χ1v) is 8.04. The maximum absolute atomic E-state index is 12.2. The molecule has 142 valence electrons. The van der Waals surface area contributed by atoms with E-state index < -0.39 is 41.4 Å². The zero-order valence-corrected chi connectivity index (χ0v) is 15.1. The van der Waals surface area contributed by atoms with E-state index in [4.69, 9.17) is 18.9 Å². The van der Waals surface area contributed by atoms with Crippen molar-refractivity contribution in [3.05, 3.63) is 32.6 Å². The Kier molecular flexibility index (Phi) is 6.17. The monoisotopic (exact) mass is 358 g/mol. The van der Waals surface area contributed by atoms with Crippen LogP contribution in [0.15, 0.2) is 15.8 Å². The fourth-order valence-corrected chi connectivity index (χ4v) is 2.91. The summed E-state index contributed by atoms with van der Waals surface area (Å²) >= 11 is 0. The Morgan fingerprint density at radius 1 is 1.28 bits per heavy atom. The number of methoxy groups -OCH3 is 2. The van der Waals surface area contributed by atoms with Crippen molar-refractivity contribution >= 4 is 0 Å². The van der Waals surface area contributed by atoms with Gasteiger partial charge in [0.1, 0.15) is 18.3 Å². The van der Waals surface area contributed by atoms with Gasteiger partial charge in [-0.05, 0) is 20.8 Å². The summed E-state index contributed by atoms with van der Waals surface area (Å²) in [5, 5.41) is 10.4. The van der Waals surface area contributed by atoms with Gasteiger partial charge in [-0.3, -0.25) is 14.3 Å². The topological polar surface area (TPSA) is 112 Å². The van der Waals surface area contributed by atoms with E-state index in [1.165, 1.54) is 17.9 Å². The molecule has 2 rings (SSSR count). The van der Waals surface area contributed by atoms with Crippen molar-refractivity contribution in [3.8, 4) is 0 Å². The van der Waals surface area contributed by atoms with Crippen LogP contribution in [0, 0.1) is 6.92 Å². The molecule has 0 spiro atoms. The minimum atomic E-state index is -1.22. The molecule has 1 aliphatic heterocycles. The lowest BCUT2D eigenvalue weighted by Crippen LogP contribution is -2.46. The first kappa shape index (κ1) is 19.8. The summed E-state index contributed by atoms with van der Waals surface area (Å²) in [6, 6.07) is 0.